The predicted molar refractivity (Wildman–Crippen MR) is 123 cm³/mol. The van der Waals surface area contributed by atoms with Crippen molar-refractivity contribution in [2.75, 3.05) is 16.8 Å². The Hall–Kier alpha value is -3.94. The number of nitrogen functional groups attached to an aromatic ring is 2. The summed E-state index contributed by atoms with van der Waals surface area (Å²) in [7, 11) is 0. The van der Waals surface area contributed by atoms with E-state index in [2.05, 4.69) is 25.3 Å². The Morgan fingerprint density at radius 2 is 1.97 bits per heavy atom. The second-order valence-electron chi connectivity index (χ2n) is 6.77. The summed E-state index contributed by atoms with van der Waals surface area (Å²) in [6.45, 7) is 1.74. The summed E-state index contributed by atoms with van der Waals surface area (Å²) in [6, 6.07) is 7.89. The molecule has 10 nitrogen and oxygen atoms in total. The molecule has 0 amide bonds. The molecule has 0 fully saturated rings. The molecule has 32 heavy (non-hydrogen) atoms. The van der Waals surface area contributed by atoms with Crippen LogP contribution in [-0.4, -0.2) is 24.5 Å². The average Bonchev–Trinajstić information content (AvgIpc) is 2.73. The van der Waals surface area contributed by atoms with Crippen LogP contribution < -0.4 is 22.3 Å². The van der Waals surface area contributed by atoms with Crippen LogP contribution in [0.4, 0.5) is 17.6 Å². The molecule has 0 aliphatic heterocycles. The molecule has 0 saturated carbocycles. The number of nitriles is 1. The highest BCUT2D eigenvalue weighted by Gasteiger charge is 2.22. The molecule has 160 valence electrons. The van der Waals surface area contributed by atoms with E-state index < -0.39 is 11.6 Å². The lowest BCUT2D eigenvalue weighted by Crippen LogP contribution is -2.28. The Balaban J connectivity index is 1.95. The Morgan fingerprint density at radius 1 is 1.19 bits per heavy atom. The van der Waals surface area contributed by atoms with E-state index in [1.807, 2.05) is 6.07 Å². The number of benzene rings is 1. The van der Waals surface area contributed by atoms with Crippen molar-refractivity contribution in [2.24, 2.45) is 0 Å². The lowest BCUT2D eigenvalue weighted by Gasteiger charge is -2.21. The second kappa shape index (κ2) is 8.30. The van der Waals surface area contributed by atoms with Crippen LogP contribution in [0.5, 0.6) is 0 Å². The summed E-state index contributed by atoms with van der Waals surface area (Å²) in [5.41, 5.74) is 11.9. The number of nitrogens with zero attached hydrogens (tertiary/aromatic N) is 6. The highest BCUT2D eigenvalue weighted by atomic mass is 35.5. The predicted octanol–water partition coefficient (Wildman–Crippen LogP) is 3.09. The molecule has 3 aromatic heterocycles. The minimum absolute atomic E-state index is 0.0215. The number of fused-ring (bicyclic) bond motifs is 1. The normalized spacial score (nSPS) is 11.8. The van der Waals surface area contributed by atoms with Crippen molar-refractivity contribution in [3.63, 3.8) is 0 Å². The van der Waals surface area contributed by atoms with Crippen LogP contribution in [0.2, 0.25) is 10.0 Å². The van der Waals surface area contributed by atoms with Crippen molar-refractivity contribution < 1.29 is 0 Å². The van der Waals surface area contributed by atoms with Gasteiger partial charge in [-0.3, -0.25) is 14.3 Å². The van der Waals surface area contributed by atoms with E-state index in [0.29, 0.717) is 22.1 Å². The number of anilines is 3. The Bertz CT molecular complexity index is 1460. The van der Waals surface area contributed by atoms with E-state index >= 15 is 0 Å². The maximum absolute atomic E-state index is 13.5. The summed E-state index contributed by atoms with van der Waals surface area (Å²) in [5.74, 6) is 0.241. The Kier molecular flexibility index (Phi) is 5.52. The smallest absolute Gasteiger partial charge is 0.267 e. The highest BCUT2D eigenvalue weighted by molar-refractivity contribution is 6.35. The summed E-state index contributed by atoms with van der Waals surface area (Å²) in [4.78, 5) is 30.1. The number of halogens is 2. The Morgan fingerprint density at radius 3 is 2.69 bits per heavy atom. The number of hydrogen-bond donors (Lipinski definition) is 3. The highest BCUT2D eigenvalue weighted by Crippen LogP contribution is 2.27. The molecule has 12 heteroatoms. The quantitative estimate of drug-likeness (QED) is 0.409. The van der Waals surface area contributed by atoms with Gasteiger partial charge in [-0.2, -0.15) is 15.2 Å². The van der Waals surface area contributed by atoms with Gasteiger partial charge in [0.15, 0.2) is 5.82 Å². The zero-order chi connectivity index (χ0) is 23.0. The molecular weight excluding hydrogens is 453 g/mol. The van der Waals surface area contributed by atoms with Crippen molar-refractivity contribution in [3.05, 3.63) is 68.4 Å². The van der Waals surface area contributed by atoms with Crippen LogP contribution in [0.1, 0.15) is 24.4 Å². The number of pyridine rings is 1. The lowest BCUT2D eigenvalue weighted by molar-refractivity contribution is 0.729. The third-order valence-electron chi connectivity index (χ3n) is 4.63. The molecule has 3 heterocycles. The van der Waals surface area contributed by atoms with Gasteiger partial charge in [-0.15, -0.1) is 0 Å². The molecule has 0 aliphatic rings. The first-order valence-electron chi connectivity index (χ1n) is 9.22. The average molecular weight is 468 g/mol. The van der Waals surface area contributed by atoms with Crippen LogP contribution in [0.25, 0.3) is 16.6 Å². The van der Waals surface area contributed by atoms with Crippen LogP contribution >= 0.6 is 23.2 Å². The van der Waals surface area contributed by atoms with Crippen LogP contribution in [0, 0.1) is 11.3 Å². The molecule has 0 aliphatic carbocycles. The molecule has 0 bridgehead atoms. The van der Waals surface area contributed by atoms with Gasteiger partial charge in [0.2, 0.25) is 5.95 Å². The number of aromatic nitrogens is 5. The number of nitrogens with one attached hydrogen (secondary N) is 1. The fourth-order valence-electron chi connectivity index (χ4n) is 3.25. The van der Waals surface area contributed by atoms with Crippen molar-refractivity contribution in [2.45, 2.75) is 13.0 Å². The van der Waals surface area contributed by atoms with E-state index in [9.17, 15) is 10.1 Å². The molecule has 0 radical (unpaired) electrons. The minimum atomic E-state index is -0.633. The summed E-state index contributed by atoms with van der Waals surface area (Å²) in [6.07, 6.45) is 2.93. The largest absolute Gasteiger partial charge is 0.382 e. The van der Waals surface area contributed by atoms with E-state index in [1.165, 1.54) is 17.0 Å². The first-order chi connectivity index (χ1) is 15.3. The fraction of sp³-hybridized carbons (Fsp3) is 0.100. The number of nitrogens with two attached hydrogens (primary N) is 2. The molecular formula is C20H15Cl2N9O. The SMILES string of the molecule is CC(Nc1nc(N)nc(N)c1C#N)c1nc2cccc(Cl)c2c(=O)n1-c1cncc(Cl)c1. The van der Waals surface area contributed by atoms with Gasteiger partial charge in [-0.05, 0) is 25.1 Å². The molecule has 1 aromatic carbocycles. The first kappa shape index (κ1) is 21.3. The summed E-state index contributed by atoms with van der Waals surface area (Å²) < 4.78 is 1.35. The molecule has 1 atom stereocenters. The second-order valence-corrected chi connectivity index (χ2v) is 7.62. The van der Waals surface area contributed by atoms with E-state index in [-0.39, 0.29) is 33.6 Å². The van der Waals surface area contributed by atoms with Gasteiger partial charge in [0.25, 0.3) is 5.56 Å². The minimum Gasteiger partial charge on any atom is -0.382 e. The van der Waals surface area contributed by atoms with Crippen molar-refractivity contribution >= 4 is 51.7 Å². The standard InChI is InChI=1S/C20H15Cl2N9O/c1-9(27-17-12(6-23)16(24)29-20(25)30-17)18-28-14-4-2-3-13(22)15(14)19(32)31(18)11-5-10(21)7-26-8-11/h2-5,7-9H,1H3,(H5,24,25,27,29,30). The van der Waals surface area contributed by atoms with Gasteiger partial charge in [-0.25, -0.2) is 4.98 Å². The van der Waals surface area contributed by atoms with E-state index in [1.54, 1.807) is 31.2 Å². The van der Waals surface area contributed by atoms with Crippen LogP contribution in [0.3, 0.4) is 0 Å². The van der Waals surface area contributed by atoms with E-state index in [4.69, 9.17) is 34.7 Å². The maximum Gasteiger partial charge on any atom is 0.267 e. The Labute approximate surface area is 191 Å². The van der Waals surface area contributed by atoms with Crippen molar-refractivity contribution in [3.8, 4) is 11.8 Å². The summed E-state index contributed by atoms with van der Waals surface area (Å²) in [5, 5.41) is 13.3. The maximum atomic E-state index is 13.5. The van der Waals surface area contributed by atoms with Gasteiger partial charge < -0.3 is 16.8 Å². The number of hydrogen-bond acceptors (Lipinski definition) is 9. The van der Waals surface area contributed by atoms with E-state index in [0.717, 1.165) is 0 Å². The van der Waals surface area contributed by atoms with Crippen molar-refractivity contribution in [1.29, 1.82) is 5.26 Å². The molecule has 0 saturated heterocycles. The summed E-state index contributed by atoms with van der Waals surface area (Å²) >= 11 is 12.4. The van der Waals surface area contributed by atoms with Gasteiger partial charge in [0.05, 0.1) is 38.9 Å². The van der Waals surface area contributed by atoms with Gasteiger partial charge in [-0.1, -0.05) is 29.3 Å². The molecule has 0 spiro atoms. The van der Waals surface area contributed by atoms with Gasteiger partial charge >= 0.3 is 0 Å². The first-order valence-corrected chi connectivity index (χ1v) is 9.97. The topological polar surface area (TPSA) is 161 Å². The molecule has 4 aromatic rings. The monoisotopic (exact) mass is 467 g/mol. The third-order valence-corrected chi connectivity index (χ3v) is 5.15. The number of rotatable bonds is 4. The van der Waals surface area contributed by atoms with Gasteiger partial charge in [0.1, 0.15) is 23.3 Å². The zero-order valence-corrected chi connectivity index (χ0v) is 18.1. The fourth-order valence-corrected chi connectivity index (χ4v) is 3.67. The molecule has 4 rings (SSSR count). The van der Waals surface area contributed by atoms with Crippen molar-refractivity contribution in [1.82, 2.24) is 24.5 Å². The van der Waals surface area contributed by atoms with Crippen LogP contribution in [-0.2, 0) is 0 Å². The third kappa shape index (κ3) is 3.75. The molecule has 5 N–H and O–H groups in total. The zero-order valence-electron chi connectivity index (χ0n) is 16.5. The lowest BCUT2D eigenvalue weighted by atomic mass is 10.2. The molecule has 1 unspecified atom stereocenters. The van der Waals surface area contributed by atoms with Gasteiger partial charge in [0, 0.05) is 6.20 Å². The van der Waals surface area contributed by atoms with Crippen LogP contribution in [0.15, 0.2) is 41.5 Å².